The summed E-state index contributed by atoms with van der Waals surface area (Å²) in [6.07, 6.45) is 7.99. The van der Waals surface area contributed by atoms with E-state index in [-0.39, 0.29) is 24.3 Å². The molecule has 2 heterocycles. The normalized spacial score (nSPS) is 14.9. The molecule has 1 aromatic carbocycles. The van der Waals surface area contributed by atoms with Gasteiger partial charge in [-0.2, -0.15) is 0 Å². The van der Waals surface area contributed by atoms with Gasteiger partial charge >= 0.3 is 0 Å². The van der Waals surface area contributed by atoms with Crippen LogP contribution in [0.3, 0.4) is 0 Å². The molecule has 8 heteroatoms. The summed E-state index contributed by atoms with van der Waals surface area (Å²) >= 11 is 0. The van der Waals surface area contributed by atoms with E-state index in [2.05, 4.69) is 10.6 Å². The van der Waals surface area contributed by atoms with E-state index in [9.17, 15) is 14.4 Å². The highest BCUT2D eigenvalue weighted by atomic mass is 16.3. The van der Waals surface area contributed by atoms with E-state index in [4.69, 9.17) is 8.83 Å². The monoisotopic (exact) mass is 463 g/mol. The molecule has 1 unspecified atom stereocenters. The fourth-order valence-corrected chi connectivity index (χ4v) is 4.33. The van der Waals surface area contributed by atoms with Crippen LogP contribution in [-0.2, 0) is 9.59 Å². The molecule has 8 nitrogen and oxygen atoms in total. The fraction of sp³-hybridized carbons (Fsp3) is 0.346. The molecule has 0 spiro atoms. The molecular formula is C26H29N3O5. The second-order valence-electron chi connectivity index (χ2n) is 8.47. The van der Waals surface area contributed by atoms with Crippen molar-refractivity contribution in [3.05, 3.63) is 78.1 Å². The van der Waals surface area contributed by atoms with Crippen LogP contribution in [0.1, 0.15) is 60.0 Å². The molecule has 0 saturated heterocycles. The number of nitrogens with zero attached hydrogens (tertiary/aromatic N) is 1. The Hall–Kier alpha value is -3.81. The average Bonchev–Trinajstić information content (AvgIpc) is 3.57. The van der Waals surface area contributed by atoms with Crippen LogP contribution < -0.4 is 15.5 Å². The molecule has 1 fully saturated rings. The Morgan fingerprint density at radius 2 is 1.71 bits per heavy atom. The summed E-state index contributed by atoms with van der Waals surface area (Å²) < 4.78 is 10.7. The van der Waals surface area contributed by atoms with Gasteiger partial charge in [-0.1, -0.05) is 37.5 Å². The second kappa shape index (κ2) is 10.9. The van der Waals surface area contributed by atoms with Crippen LogP contribution in [0.15, 0.2) is 69.9 Å². The summed E-state index contributed by atoms with van der Waals surface area (Å²) in [6, 6.07) is 12.9. The zero-order chi connectivity index (χ0) is 23.9. The fourth-order valence-electron chi connectivity index (χ4n) is 4.33. The van der Waals surface area contributed by atoms with E-state index in [1.807, 2.05) is 25.1 Å². The van der Waals surface area contributed by atoms with Gasteiger partial charge in [0.1, 0.15) is 5.76 Å². The van der Waals surface area contributed by atoms with E-state index < -0.39 is 17.9 Å². The van der Waals surface area contributed by atoms with Crippen molar-refractivity contribution in [1.82, 2.24) is 10.6 Å². The number of carbonyl (C=O) groups is 3. The molecule has 0 bridgehead atoms. The Morgan fingerprint density at radius 1 is 0.971 bits per heavy atom. The summed E-state index contributed by atoms with van der Waals surface area (Å²) in [5.74, 6) is -0.815. The van der Waals surface area contributed by atoms with Gasteiger partial charge in [-0.05, 0) is 55.7 Å². The lowest BCUT2D eigenvalue weighted by Crippen LogP contribution is -2.49. The number of furan rings is 2. The summed E-state index contributed by atoms with van der Waals surface area (Å²) in [4.78, 5) is 40.9. The number of aryl methyl sites for hydroxylation is 1. The molecule has 3 amide bonds. The topological polar surface area (TPSA) is 105 Å². The van der Waals surface area contributed by atoms with E-state index in [1.54, 1.807) is 24.3 Å². The average molecular weight is 464 g/mol. The maximum Gasteiger partial charge on any atom is 0.287 e. The lowest BCUT2D eigenvalue weighted by atomic mass is 9.95. The highest BCUT2D eigenvalue weighted by Gasteiger charge is 2.36. The van der Waals surface area contributed by atoms with E-state index in [0.29, 0.717) is 11.4 Å². The second-order valence-corrected chi connectivity index (χ2v) is 8.47. The third-order valence-electron chi connectivity index (χ3n) is 6.06. The van der Waals surface area contributed by atoms with Gasteiger partial charge in [-0.25, -0.2) is 0 Å². The third-order valence-corrected chi connectivity index (χ3v) is 6.06. The van der Waals surface area contributed by atoms with Gasteiger partial charge in [0.05, 0.1) is 19.1 Å². The Bertz CT molecular complexity index is 1100. The SMILES string of the molecule is Cc1ccccc1N(C(=O)CNC(=O)c1ccco1)C(C(=O)NC1CCCCC1)c1ccco1. The lowest BCUT2D eigenvalue weighted by Gasteiger charge is -2.33. The predicted molar refractivity (Wildman–Crippen MR) is 126 cm³/mol. The maximum absolute atomic E-state index is 13.6. The van der Waals surface area contributed by atoms with Gasteiger partial charge < -0.3 is 19.5 Å². The first-order chi connectivity index (χ1) is 16.5. The van der Waals surface area contributed by atoms with Crippen molar-refractivity contribution in [2.24, 2.45) is 0 Å². The quantitative estimate of drug-likeness (QED) is 0.523. The van der Waals surface area contributed by atoms with Gasteiger partial charge in [0.2, 0.25) is 5.91 Å². The number of amides is 3. The molecule has 1 atom stereocenters. The number of hydrogen-bond donors (Lipinski definition) is 2. The molecule has 2 aromatic heterocycles. The highest BCUT2D eigenvalue weighted by Crippen LogP contribution is 2.31. The smallest absolute Gasteiger partial charge is 0.287 e. The van der Waals surface area contributed by atoms with Crippen LogP contribution in [0.2, 0.25) is 0 Å². The lowest BCUT2D eigenvalue weighted by molar-refractivity contribution is -0.127. The first kappa shape index (κ1) is 23.4. The Labute approximate surface area is 198 Å². The Morgan fingerprint density at radius 3 is 2.38 bits per heavy atom. The van der Waals surface area contributed by atoms with Gasteiger partial charge in [-0.3, -0.25) is 19.3 Å². The minimum absolute atomic E-state index is 0.0613. The summed E-state index contributed by atoms with van der Waals surface area (Å²) in [6.45, 7) is 1.55. The molecule has 0 radical (unpaired) electrons. The van der Waals surface area contributed by atoms with E-state index in [0.717, 1.165) is 37.7 Å². The number of rotatable bonds is 8. The zero-order valence-corrected chi connectivity index (χ0v) is 19.2. The van der Waals surface area contributed by atoms with Crippen molar-refractivity contribution in [2.75, 3.05) is 11.4 Å². The van der Waals surface area contributed by atoms with Crippen LogP contribution in [0, 0.1) is 6.92 Å². The molecule has 3 aromatic rings. The van der Waals surface area contributed by atoms with Crippen molar-refractivity contribution < 1.29 is 23.2 Å². The maximum atomic E-state index is 13.6. The molecule has 34 heavy (non-hydrogen) atoms. The largest absolute Gasteiger partial charge is 0.467 e. The first-order valence-electron chi connectivity index (χ1n) is 11.6. The number of hydrogen-bond acceptors (Lipinski definition) is 5. The van der Waals surface area contributed by atoms with Crippen molar-refractivity contribution in [2.45, 2.75) is 51.1 Å². The van der Waals surface area contributed by atoms with Crippen LogP contribution in [-0.4, -0.2) is 30.3 Å². The molecule has 2 N–H and O–H groups in total. The van der Waals surface area contributed by atoms with Crippen LogP contribution in [0.5, 0.6) is 0 Å². The van der Waals surface area contributed by atoms with Crippen molar-refractivity contribution in [3.63, 3.8) is 0 Å². The first-order valence-corrected chi connectivity index (χ1v) is 11.6. The van der Waals surface area contributed by atoms with E-state index >= 15 is 0 Å². The van der Waals surface area contributed by atoms with Crippen LogP contribution >= 0.6 is 0 Å². The minimum Gasteiger partial charge on any atom is -0.467 e. The number of nitrogens with one attached hydrogen (secondary N) is 2. The summed E-state index contributed by atoms with van der Waals surface area (Å²) in [7, 11) is 0. The number of carbonyl (C=O) groups excluding carboxylic acids is 3. The number of para-hydroxylation sites is 1. The standard InChI is InChI=1S/C26H29N3O5/c1-18-9-5-6-12-20(18)29(23(30)17-27-25(31)22-14-8-16-34-22)24(21-13-7-15-33-21)26(32)28-19-10-3-2-4-11-19/h5-9,12-16,19,24H,2-4,10-11,17H2,1H3,(H,27,31)(H,28,32). The molecule has 1 aliphatic carbocycles. The van der Waals surface area contributed by atoms with Gasteiger partial charge in [-0.15, -0.1) is 0 Å². The minimum atomic E-state index is -1.02. The molecule has 0 aliphatic heterocycles. The highest BCUT2D eigenvalue weighted by molar-refractivity contribution is 6.04. The van der Waals surface area contributed by atoms with Crippen LogP contribution in [0.25, 0.3) is 0 Å². The Balaban J connectivity index is 1.64. The van der Waals surface area contributed by atoms with Gasteiger partial charge in [0, 0.05) is 11.7 Å². The van der Waals surface area contributed by atoms with Crippen LogP contribution in [0.4, 0.5) is 5.69 Å². The number of anilines is 1. The molecule has 4 rings (SSSR count). The number of benzene rings is 1. The summed E-state index contributed by atoms with van der Waals surface area (Å²) in [5.41, 5.74) is 1.38. The van der Waals surface area contributed by atoms with Crippen molar-refractivity contribution >= 4 is 23.4 Å². The Kier molecular flexibility index (Phi) is 7.47. The van der Waals surface area contributed by atoms with Crippen molar-refractivity contribution in [1.29, 1.82) is 0 Å². The van der Waals surface area contributed by atoms with Gasteiger partial charge in [0.25, 0.3) is 11.8 Å². The van der Waals surface area contributed by atoms with E-state index in [1.165, 1.54) is 23.5 Å². The third kappa shape index (κ3) is 5.39. The van der Waals surface area contributed by atoms with Crippen molar-refractivity contribution in [3.8, 4) is 0 Å². The molecule has 178 valence electrons. The molecule has 1 aliphatic rings. The predicted octanol–water partition coefficient (Wildman–Crippen LogP) is 4.13. The zero-order valence-electron chi connectivity index (χ0n) is 19.2. The summed E-state index contributed by atoms with van der Waals surface area (Å²) in [5, 5.41) is 5.71. The molecule has 1 saturated carbocycles. The van der Waals surface area contributed by atoms with Gasteiger partial charge in [0.15, 0.2) is 11.8 Å². The molecular weight excluding hydrogens is 434 g/mol.